The van der Waals surface area contributed by atoms with Crippen LogP contribution in [-0.4, -0.2) is 72.8 Å². The van der Waals surface area contributed by atoms with Gasteiger partial charge in [-0.25, -0.2) is 0 Å². The van der Waals surface area contributed by atoms with Crippen molar-refractivity contribution in [3.05, 3.63) is 0 Å². The topological polar surface area (TPSA) is 58.2 Å². The molecule has 0 fully saturated rings. The van der Waals surface area contributed by atoms with E-state index in [-0.39, 0.29) is 38.5 Å². The minimum Gasteiger partial charge on any atom is -0.351 e. The van der Waals surface area contributed by atoms with Crippen molar-refractivity contribution in [3.63, 3.8) is 0 Å². The van der Waals surface area contributed by atoms with Crippen LogP contribution in [0.4, 0.5) is 79.0 Å². The van der Waals surface area contributed by atoms with E-state index in [1.807, 2.05) is 0 Å². The third-order valence-electron chi connectivity index (χ3n) is 5.03. The van der Waals surface area contributed by atoms with Gasteiger partial charge in [0.2, 0.25) is 0 Å². The number of rotatable bonds is 15. The smallest absolute Gasteiger partial charge is 0.351 e. The van der Waals surface area contributed by atoms with Crippen molar-refractivity contribution in [2.75, 3.05) is 13.1 Å². The summed E-state index contributed by atoms with van der Waals surface area (Å²) in [5.74, 6) is -48.0. The van der Waals surface area contributed by atoms with Crippen molar-refractivity contribution >= 4 is 11.8 Å². The second-order valence-electron chi connectivity index (χ2n) is 8.07. The van der Waals surface area contributed by atoms with Gasteiger partial charge in [0.1, 0.15) is 0 Å². The number of hydrogen-bond acceptors (Lipinski definition) is 2. The quantitative estimate of drug-likeness (QED) is 0.160. The third-order valence-corrected chi connectivity index (χ3v) is 5.03. The number of hydrogen-bond donors (Lipinski definition) is 2. The summed E-state index contributed by atoms with van der Waals surface area (Å²) in [5, 5.41) is 2.10. The first kappa shape index (κ1) is 37.7. The SMILES string of the molecule is O=C(NCCCCCCCCNC(=O)C(F)(F)C(F)(F)C(F)(F)C(F)(F)F)C(F)(F)C(F)(F)C(F)(F)C(F)(F)F. The normalized spacial score (nSPS) is 14.8. The number of carbonyl (C=O) groups is 2. The molecule has 22 heteroatoms. The van der Waals surface area contributed by atoms with E-state index in [4.69, 9.17) is 0 Å². The molecule has 0 saturated carbocycles. The predicted molar refractivity (Wildman–Crippen MR) is 95.5 cm³/mol. The Labute approximate surface area is 211 Å². The van der Waals surface area contributed by atoms with Crippen LogP contribution in [0.1, 0.15) is 38.5 Å². The molecule has 0 aromatic rings. The van der Waals surface area contributed by atoms with Crippen LogP contribution < -0.4 is 10.6 Å². The molecule has 0 aliphatic heterocycles. The standard InChI is InChI=1S/C18H18F18N2O2/c19-11(20,13(23,24)15(27,28)17(31,32)33)9(39)37-7-5-3-1-2-4-6-8-38-10(40)12(21,22)14(25,26)16(29,30)18(34,35)36/h1-8H2,(H,37,39)(H,38,40). The van der Waals surface area contributed by atoms with E-state index in [1.54, 1.807) is 0 Å². The highest BCUT2D eigenvalue weighted by Gasteiger charge is 2.84. The average Bonchev–Trinajstić information content (AvgIpc) is 2.77. The molecule has 0 aromatic carbocycles. The predicted octanol–water partition coefficient (Wildman–Crippen LogP) is 6.50. The molecule has 0 bridgehead atoms. The van der Waals surface area contributed by atoms with Gasteiger partial charge >= 0.3 is 47.9 Å². The lowest BCUT2D eigenvalue weighted by Crippen LogP contribution is -2.65. The van der Waals surface area contributed by atoms with Crippen LogP contribution >= 0.6 is 0 Å². The molecule has 0 aliphatic carbocycles. The molecular weight excluding hydrogens is 618 g/mol. The van der Waals surface area contributed by atoms with Gasteiger partial charge in [-0.3, -0.25) is 9.59 Å². The van der Waals surface area contributed by atoms with Gasteiger partial charge in [0, 0.05) is 13.1 Å². The summed E-state index contributed by atoms with van der Waals surface area (Å²) in [7, 11) is 0. The van der Waals surface area contributed by atoms with E-state index in [2.05, 4.69) is 0 Å². The van der Waals surface area contributed by atoms with Crippen molar-refractivity contribution in [1.82, 2.24) is 10.6 Å². The van der Waals surface area contributed by atoms with Crippen LogP contribution in [0.5, 0.6) is 0 Å². The van der Waals surface area contributed by atoms with Crippen LogP contribution in [0, 0.1) is 0 Å². The van der Waals surface area contributed by atoms with Crippen molar-refractivity contribution in [2.24, 2.45) is 0 Å². The van der Waals surface area contributed by atoms with Gasteiger partial charge in [-0.15, -0.1) is 0 Å². The van der Waals surface area contributed by atoms with Crippen LogP contribution in [0.25, 0.3) is 0 Å². The number of amides is 2. The first-order chi connectivity index (χ1) is 17.5. The molecular formula is C18H18F18N2O2. The molecule has 0 rings (SSSR count). The Balaban J connectivity index is 4.51. The Hall–Kier alpha value is -2.32. The molecule has 0 aromatic heterocycles. The molecule has 0 spiro atoms. The Morgan fingerprint density at radius 1 is 0.375 bits per heavy atom. The Morgan fingerprint density at radius 3 is 0.825 bits per heavy atom. The maximum Gasteiger partial charge on any atom is 0.460 e. The molecule has 40 heavy (non-hydrogen) atoms. The highest BCUT2D eigenvalue weighted by atomic mass is 19.4. The second kappa shape index (κ2) is 12.3. The van der Waals surface area contributed by atoms with Gasteiger partial charge < -0.3 is 10.6 Å². The van der Waals surface area contributed by atoms with Crippen LogP contribution in [-0.2, 0) is 9.59 Å². The molecule has 0 atom stereocenters. The largest absolute Gasteiger partial charge is 0.460 e. The fraction of sp³-hybridized carbons (Fsp3) is 0.889. The summed E-state index contributed by atoms with van der Waals surface area (Å²) < 4.78 is 229. The van der Waals surface area contributed by atoms with E-state index in [0.717, 1.165) is 10.6 Å². The maximum absolute atomic E-state index is 13.3. The second-order valence-corrected chi connectivity index (χ2v) is 8.07. The summed E-state index contributed by atoms with van der Waals surface area (Å²) >= 11 is 0. The summed E-state index contributed by atoms with van der Waals surface area (Å²) in [6.45, 7) is -1.80. The zero-order valence-corrected chi connectivity index (χ0v) is 19.3. The number of carbonyl (C=O) groups excluding carboxylic acids is 2. The number of nitrogens with one attached hydrogen (secondary N) is 2. The van der Waals surface area contributed by atoms with Crippen molar-refractivity contribution in [3.8, 4) is 0 Å². The summed E-state index contributed by atoms with van der Waals surface area (Å²) in [6, 6.07) is 0. The van der Waals surface area contributed by atoms with Crippen molar-refractivity contribution < 1.29 is 88.6 Å². The first-order valence-corrected chi connectivity index (χ1v) is 10.5. The van der Waals surface area contributed by atoms with Gasteiger partial charge in [-0.1, -0.05) is 25.7 Å². The highest BCUT2D eigenvalue weighted by Crippen LogP contribution is 2.54. The third kappa shape index (κ3) is 7.30. The van der Waals surface area contributed by atoms with Crippen LogP contribution in [0.15, 0.2) is 0 Å². The fourth-order valence-corrected chi connectivity index (χ4v) is 2.62. The summed E-state index contributed by atoms with van der Waals surface area (Å²) in [4.78, 5) is 22.2. The van der Waals surface area contributed by atoms with Gasteiger partial charge in [-0.2, -0.15) is 79.0 Å². The monoisotopic (exact) mass is 636 g/mol. The lowest BCUT2D eigenvalue weighted by molar-refractivity contribution is -0.388. The minimum absolute atomic E-state index is 0.0515. The molecule has 2 N–H and O–H groups in total. The van der Waals surface area contributed by atoms with E-state index >= 15 is 0 Å². The molecule has 0 saturated heterocycles. The van der Waals surface area contributed by atoms with E-state index in [1.165, 1.54) is 0 Å². The summed E-state index contributed by atoms with van der Waals surface area (Å²) in [6.07, 6.45) is -14.9. The van der Waals surface area contributed by atoms with E-state index in [9.17, 15) is 88.6 Å². The lowest BCUT2D eigenvalue weighted by Gasteiger charge is -2.32. The van der Waals surface area contributed by atoms with Gasteiger partial charge in [0.15, 0.2) is 0 Å². The maximum atomic E-state index is 13.3. The first-order valence-electron chi connectivity index (χ1n) is 10.5. The molecule has 238 valence electrons. The number of halogens is 18. The summed E-state index contributed by atoms with van der Waals surface area (Å²) in [5.41, 5.74) is 0. The van der Waals surface area contributed by atoms with E-state index < -0.39 is 72.8 Å². The molecule has 0 heterocycles. The van der Waals surface area contributed by atoms with Crippen molar-refractivity contribution in [1.29, 1.82) is 0 Å². The van der Waals surface area contributed by atoms with Crippen LogP contribution in [0.2, 0.25) is 0 Å². The molecule has 0 unspecified atom stereocenters. The molecule has 0 aliphatic rings. The van der Waals surface area contributed by atoms with Crippen molar-refractivity contribution in [2.45, 2.75) is 86.4 Å². The fourth-order valence-electron chi connectivity index (χ4n) is 2.62. The number of unbranched alkanes of at least 4 members (excludes halogenated alkanes) is 5. The molecule has 2 amide bonds. The van der Waals surface area contributed by atoms with E-state index in [0.29, 0.717) is 0 Å². The molecule has 0 radical (unpaired) electrons. The van der Waals surface area contributed by atoms with Gasteiger partial charge in [0.25, 0.3) is 11.8 Å². The highest BCUT2D eigenvalue weighted by molar-refractivity contribution is 5.85. The Kier molecular flexibility index (Phi) is 11.6. The lowest BCUT2D eigenvalue weighted by atomic mass is 10.0. The van der Waals surface area contributed by atoms with Gasteiger partial charge in [0.05, 0.1) is 0 Å². The molecule has 4 nitrogen and oxygen atoms in total. The Bertz CT molecular complexity index is 796. The minimum atomic E-state index is -7.26. The zero-order chi connectivity index (χ0) is 32.2. The zero-order valence-electron chi connectivity index (χ0n) is 19.3. The Morgan fingerprint density at radius 2 is 0.600 bits per heavy atom. The van der Waals surface area contributed by atoms with Crippen LogP contribution in [0.3, 0.4) is 0 Å². The average molecular weight is 636 g/mol. The van der Waals surface area contributed by atoms with Gasteiger partial charge in [-0.05, 0) is 12.8 Å². The number of alkyl halides is 18.